The highest BCUT2D eigenvalue weighted by Gasteiger charge is 2.17. The van der Waals surface area contributed by atoms with Crippen LogP contribution in [0.25, 0.3) is 16.9 Å². The fourth-order valence-electron chi connectivity index (χ4n) is 3.34. The molecule has 0 spiro atoms. The van der Waals surface area contributed by atoms with Crippen LogP contribution in [0.4, 0.5) is 5.82 Å². The molecule has 0 atom stereocenters. The summed E-state index contributed by atoms with van der Waals surface area (Å²) in [7, 11) is 0. The van der Waals surface area contributed by atoms with Crippen molar-refractivity contribution in [2.75, 3.05) is 5.32 Å². The van der Waals surface area contributed by atoms with Crippen LogP contribution in [0.1, 0.15) is 36.7 Å². The number of hydrogen-bond acceptors (Lipinski definition) is 2. The van der Waals surface area contributed by atoms with Crippen molar-refractivity contribution in [3.8, 4) is 16.9 Å². The molecule has 156 valence electrons. The molecule has 4 nitrogen and oxygen atoms in total. The first kappa shape index (κ1) is 21.1. The van der Waals surface area contributed by atoms with E-state index in [0.29, 0.717) is 11.4 Å². The van der Waals surface area contributed by atoms with E-state index in [2.05, 4.69) is 42.0 Å². The summed E-state index contributed by atoms with van der Waals surface area (Å²) < 4.78 is 2.74. The van der Waals surface area contributed by atoms with Crippen LogP contribution in [0.15, 0.2) is 89.4 Å². The second kappa shape index (κ2) is 8.52. The fourth-order valence-corrected chi connectivity index (χ4v) is 3.73. The molecule has 1 amide bonds. The average Bonchev–Trinajstić information content (AvgIpc) is 3.17. The molecule has 0 aliphatic carbocycles. The van der Waals surface area contributed by atoms with Gasteiger partial charge in [0.1, 0.15) is 5.82 Å². The molecular weight excluding hydrogens is 450 g/mol. The monoisotopic (exact) mass is 473 g/mol. The van der Waals surface area contributed by atoms with E-state index >= 15 is 0 Å². The molecule has 1 N–H and O–H groups in total. The Morgan fingerprint density at radius 1 is 0.903 bits per heavy atom. The van der Waals surface area contributed by atoms with E-state index in [-0.39, 0.29) is 11.3 Å². The van der Waals surface area contributed by atoms with E-state index in [1.807, 2.05) is 84.9 Å². The van der Waals surface area contributed by atoms with Crippen molar-refractivity contribution in [2.45, 2.75) is 26.2 Å². The maximum absolute atomic E-state index is 13.0. The zero-order valence-electron chi connectivity index (χ0n) is 17.8. The maximum Gasteiger partial charge on any atom is 0.256 e. The van der Waals surface area contributed by atoms with Crippen molar-refractivity contribution in [1.82, 2.24) is 9.78 Å². The first-order valence-electron chi connectivity index (χ1n) is 10.1. The van der Waals surface area contributed by atoms with E-state index in [1.165, 1.54) is 5.56 Å². The van der Waals surface area contributed by atoms with Crippen LogP contribution in [0.5, 0.6) is 0 Å². The van der Waals surface area contributed by atoms with Crippen LogP contribution in [-0.4, -0.2) is 15.7 Å². The molecule has 0 aliphatic heterocycles. The Labute approximate surface area is 191 Å². The molecule has 4 aromatic rings. The van der Waals surface area contributed by atoms with E-state index in [4.69, 9.17) is 5.10 Å². The molecule has 0 saturated carbocycles. The summed E-state index contributed by atoms with van der Waals surface area (Å²) in [6.07, 6.45) is 0. The van der Waals surface area contributed by atoms with E-state index < -0.39 is 0 Å². The lowest BCUT2D eigenvalue weighted by Gasteiger charge is -2.19. The van der Waals surface area contributed by atoms with Gasteiger partial charge in [-0.25, -0.2) is 4.68 Å². The summed E-state index contributed by atoms with van der Waals surface area (Å²) >= 11 is 3.52. The van der Waals surface area contributed by atoms with Crippen LogP contribution < -0.4 is 5.32 Å². The topological polar surface area (TPSA) is 46.9 Å². The lowest BCUT2D eigenvalue weighted by molar-refractivity contribution is 0.102. The third-order valence-electron chi connectivity index (χ3n) is 5.09. The van der Waals surface area contributed by atoms with Crippen molar-refractivity contribution < 1.29 is 4.79 Å². The fraction of sp³-hybridized carbons (Fsp3) is 0.154. The Morgan fingerprint density at radius 2 is 1.61 bits per heavy atom. The summed E-state index contributed by atoms with van der Waals surface area (Å²) in [5.74, 6) is 0.449. The highest BCUT2D eigenvalue weighted by Crippen LogP contribution is 2.27. The number of hydrogen-bond donors (Lipinski definition) is 1. The standard InChI is InChI=1S/C26H24BrN3O/c1-26(2,3)20-14-12-18(13-15-20)25(31)28-24-17-23(19-8-7-9-21(27)16-19)29-30(24)22-10-5-4-6-11-22/h4-17H,1-3H3,(H,28,31). The predicted octanol–water partition coefficient (Wildman–Crippen LogP) is 6.85. The largest absolute Gasteiger partial charge is 0.306 e. The SMILES string of the molecule is CC(C)(C)c1ccc(C(=O)Nc2cc(-c3cccc(Br)c3)nn2-c2ccccc2)cc1. The van der Waals surface area contributed by atoms with Gasteiger partial charge in [-0.05, 0) is 47.4 Å². The minimum Gasteiger partial charge on any atom is -0.306 e. The number of amides is 1. The lowest BCUT2D eigenvalue weighted by Crippen LogP contribution is -2.16. The van der Waals surface area contributed by atoms with Crippen LogP contribution in [-0.2, 0) is 5.41 Å². The molecule has 0 unspecified atom stereocenters. The number of halogens is 1. The van der Waals surface area contributed by atoms with Gasteiger partial charge in [-0.3, -0.25) is 4.79 Å². The number of aromatic nitrogens is 2. The molecule has 4 rings (SSSR count). The number of anilines is 1. The minimum absolute atomic E-state index is 0.0415. The summed E-state index contributed by atoms with van der Waals surface area (Å²) in [6, 6.07) is 27.4. The van der Waals surface area contributed by atoms with E-state index in [1.54, 1.807) is 4.68 Å². The van der Waals surface area contributed by atoms with Crippen molar-refractivity contribution in [1.29, 1.82) is 0 Å². The van der Waals surface area contributed by atoms with Crippen molar-refractivity contribution in [2.24, 2.45) is 0 Å². The van der Waals surface area contributed by atoms with Crippen LogP contribution in [0, 0.1) is 0 Å². The molecule has 0 bridgehead atoms. The summed E-state index contributed by atoms with van der Waals surface area (Å²) in [6.45, 7) is 6.47. The Kier molecular flexibility index (Phi) is 5.79. The number of rotatable bonds is 4. The number of nitrogens with zero attached hydrogens (tertiary/aromatic N) is 2. The maximum atomic E-state index is 13.0. The second-order valence-corrected chi connectivity index (χ2v) is 9.37. The van der Waals surface area contributed by atoms with Gasteiger partial charge < -0.3 is 5.32 Å². The van der Waals surface area contributed by atoms with Crippen LogP contribution >= 0.6 is 15.9 Å². The number of carbonyl (C=O) groups excluding carboxylic acids is 1. The summed E-state index contributed by atoms with van der Waals surface area (Å²) in [4.78, 5) is 13.0. The van der Waals surface area contributed by atoms with Gasteiger partial charge in [0.2, 0.25) is 0 Å². The van der Waals surface area contributed by atoms with Gasteiger partial charge in [0.15, 0.2) is 0 Å². The van der Waals surface area contributed by atoms with Crippen LogP contribution in [0.2, 0.25) is 0 Å². The van der Waals surface area contributed by atoms with E-state index in [9.17, 15) is 4.79 Å². The molecule has 0 fully saturated rings. The molecule has 0 saturated heterocycles. The highest BCUT2D eigenvalue weighted by atomic mass is 79.9. The Morgan fingerprint density at radius 3 is 2.26 bits per heavy atom. The summed E-state index contributed by atoms with van der Waals surface area (Å²) in [5.41, 5.74) is 4.47. The first-order chi connectivity index (χ1) is 14.8. The smallest absolute Gasteiger partial charge is 0.256 e. The third kappa shape index (κ3) is 4.78. The number of nitrogens with one attached hydrogen (secondary N) is 1. The molecule has 31 heavy (non-hydrogen) atoms. The lowest BCUT2D eigenvalue weighted by atomic mass is 9.87. The quantitative estimate of drug-likeness (QED) is 0.352. The molecule has 1 heterocycles. The number of para-hydroxylation sites is 1. The van der Waals surface area contributed by atoms with Gasteiger partial charge in [-0.1, -0.05) is 79.2 Å². The minimum atomic E-state index is -0.168. The molecule has 1 aromatic heterocycles. The predicted molar refractivity (Wildman–Crippen MR) is 130 cm³/mol. The molecular formula is C26H24BrN3O. The van der Waals surface area contributed by atoms with Crippen molar-refractivity contribution in [3.63, 3.8) is 0 Å². The first-order valence-corrected chi connectivity index (χ1v) is 10.9. The van der Waals surface area contributed by atoms with Crippen LogP contribution in [0.3, 0.4) is 0 Å². The number of carbonyl (C=O) groups is 1. The van der Waals surface area contributed by atoms with Gasteiger partial charge in [0, 0.05) is 21.7 Å². The molecule has 3 aromatic carbocycles. The normalized spacial score (nSPS) is 11.4. The highest BCUT2D eigenvalue weighted by molar-refractivity contribution is 9.10. The Hall–Kier alpha value is -3.18. The van der Waals surface area contributed by atoms with Gasteiger partial charge in [-0.2, -0.15) is 5.10 Å². The third-order valence-corrected chi connectivity index (χ3v) is 5.58. The van der Waals surface area contributed by atoms with Gasteiger partial charge >= 0.3 is 0 Å². The van der Waals surface area contributed by atoms with Gasteiger partial charge in [0.05, 0.1) is 11.4 Å². The Bertz CT molecular complexity index is 1210. The van der Waals surface area contributed by atoms with Crippen molar-refractivity contribution >= 4 is 27.7 Å². The van der Waals surface area contributed by atoms with E-state index in [0.717, 1.165) is 21.4 Å². The van der Waals surface area contributed by atoms with Crippen molar-refractivity contribution in [3.05, 3.63) is 101 Å². The molecule has 0 radical (unpaired) electrons. The zero-order chi connectivity index (χ0) is 22.0. The number of benzene rings is 3. The zero-order valence-corrected chi connectivity index (χ0v) is 19.3. The average molecular weight is 474 g/mol. The second-order valence-electron chi connectivity index (χ2n) is 8.45. The summed E-state index contributed by atoms with van der Waals surface area (Å²) in [5, 5.41) is 7.80. The van der Waals surface area contributed by atoms with Gasteiger partial charge in [0.25, 0.3) is 5.91 Å². The van der Waals surface area contributed by atoms with Gasteiger partial charge in [-0.15, -0.1) is 0 Å². The molecule has 0 aliphatic rings. The molecule has 5 heteroatoms. The Balaban J connectivity index is 1.69.